The molecule has 1 aromatic rings. The van der Waals surface area contributed by atoms with Crippen LogP contribution < -0.4 is 4.74 Å². The molecule has 0 saturated carbocycles. The normalized spacial score (nSPS) is 11.6. The van der Waals surface area contributed by atoms with E-state index >= 15 is 0 Å². The van der Waals surface area contributed by atoms with Crippen molar-refractivity contribution < 1.29 is 32.8 Å². The maximum Gasteiger partial charge on any atom is 0.0272 e. The standard InChI is InChI=1S/C15H24NO8Si.Rf/c1-20-15-10-13(16(18)19)12(9-14(15)17)11-24-7-5-6-8-25(21-2,22-3)23-4;/h9-10,17H,1,5-8,11H2,2-4H3;. The van der Waals surface area contributed by atoms with Crippen LogP contribution in [0, 0.1) is 10.1 Å². The topological polar surface area (TPSA) is 110 Å². The third-order valence-corrected chi connectivity index (χ3v) is 7.58. The molecule has 143 valence electrons. The molecule has 0 aliphatic carbocycles. The van der Waals surface area contributed by atoms with E-state index in [1.54, 1.807) is 21.3 Å². The molecule has 9 nitrogen and oxygen atoms in total. The summed E-state index contributed by atoms with van der Waals surface area (Å²) in [5, 5.41) is 21.1. The van der Waals surface area contributed by atoms with Crippen molar-refractivity contribution >= 4 is 14.5 Å². The Balaban J connectivity index is 2.55. The van der Waals surface area contributed by atoms with Crippen LogP contribution in [0.5, 0.6) is 11.5 Å². The fourth-order valence-electron chi connectivity index (χ4n) is 2.40. The minimum atomic E-state index is -2.57. The Hall–Kier alpha value is -2.72. The van der Waals surface area contributed by atoms with E-state index in [0.717, 1.165) is 12.8 Å². The first-order chi connectivity index (χ1) is 12.4. The molecule has 0 radical (unpaired) electrons. The first-order valence-electron chi connectivity index (χ1n) is 8.08. The Morgan fingerprint density at radius 1 is 1.19 bits per heavy atom. The molecule has 0 bridgehead atoms. The fraction of sp³-hybridized carbons (Fsp3) is 0.600. The van der Waals surface area contributed by atoms with Crippen LogP contribution in [-0.2, 0) is 24.6 Å². The third kappa shape index (κ3) is 5.67. The van der Waals surface area contributed by atoms with Crippen molar-refractivity contribution in [2.24, 2.45) is 0 Å². The van der Waals surface area contributed by atoms with Crippen molar-refractivity contribution in [3.8, 4) is 11.5 Å². The number of nitro benzene ring substituents is 1. The summed E-state index contributed by atoms with van der Waals surface area (Å²) in [6, 6.07) is 3.24. The molecule has 0 unspecified atom stereocenters. The Labute approximate surface area is 147 Å². The van der Waals surface area contributed by atoms with E-state index in [4.69, 9.17) is 22.8 Å². The number of nitrogens with zero attached hydrogens (tertiary/aromatic N) is 1. The molecule has 0 aromatic heterocycles. The summed E-state index contributed by atoms with van der Waals surface area (Å²) in [7, 11) is 2.63. The Bertz CT molecular complexity index is 577. The van der Waals surface area contributed by atoms with Gasteiger partial charge in [-0.05, 0) is 0 Å². The molecule has 0 spiro atoms. The number of phenols is 1. The molecule has 0 amide bonds. The zero-order valence-corrected chi connectivity index (χ0v) is 22.8. The van der Waals surface area contributed by atoms with Crippen molar-refractivity contribution in [1.82, 2.24) is 0 Å². The molecule has 26 heavy (non-hydrogen) atoms. The molecular formula is C15H24NO8RfSi. The van der Waals surface area contributed by atoms with Crippen LogP contribution in [0.15, 0.2) is 12.1 Å². The molecule has 0 fully saturated rings. The number of benzene rings is 1. The van der Waals surface area contributed by atoms with Gasteiger partial charge in [-0.2, -0.15) is 0 Å². The average molecular weight is 641 g/mol. The number of hydrogen-bond acceptors (Lipinski definition) is 8. The van der Waals surface area contributed by atoms with Gasteiger partial charge in [0.25, 0.3) is 0 Å². The summed E-state index contributed by atoms with van der Waals surface area (Å²) in [5.41, 5.74) is 0.194. The number of aromatic hydroxyl groups is 1. The average Bonchev–Trinajstić information content (AvgIpc) is 2.63. The second-order valence-corrected chi connectivity index (χ2v) is 10.3. The van der Waals surface area contributed by atoms with Gasteiger partial charge in [0.2, 0.25) is 0 Å². The van der Waals surface area contributed by atoms with Gasteiger partial charge in [-0.3, -0.25) is 0 Å². The first-order valence-corrected chi connectivity index (χ1v) is 14.5. The SMILES string of the molecule is CO[Si](CCCCOCc1cc(O)c(O[CH2][Rf])cc1[N+](=O)[O-])(OC)OC. The maximum absolute atomic E-state index is 11.2. The molecule has 0 heterocycles. The van der Waals surface area contributed by atoms with Gasteiger partial charge in [-0.1, -0.05) is 0 Å². The van der Waals surface area contributed by atoms with E-state index in [1.165, 1.54) is 12.1 Å². The molecule has 0 aliphatic rings. The van der Waals surface area contributed by atoms with Gasteiger partial charge >= 0.3 is 113 Å². The first kappa shape index (κ1) is 21.3. The predicted octanol–water partition coefficient (Wildman–Crippen LogP) is 2.36. The van der Waals surface area contributed by atoms with Gasteiger partial charge < -0.3 is 13.3 Å². The minimum Gasteiger partial charge on any atom is -0.377 e. The Kier molecular flexibility index (Phi) is 8.45. The van der Waals surface area contributed by atoms with Gasteiger partial charge in [0.15, 0.2) is 0 Å². The fourth-order valence-corrected chi connectivity index (χ4v) is 5.19. The Morgan fingerprint density at radius 2 is 1.85 bits per heavy atom. The zero-order chi connectivity index (χ0) is 19.6. The van der Waals surface area contributed by atoms with E-state index in [1.807, 2.05) is 0 Å². The van der Waals surface area contributed by atoms with Crippen molar-refractivity contribution in [2.75, 3.05) is 35.0 Å². The van der Waals surface area contributed by atoms with E-state index in [-0.39, 0.29) is 23.8 Å². The van der Waals surface area contributed by atoms with Crippen molar-refractivity contribution in [1.29, 1.82) is 0 Å². The molecule has 0 aliphatic heterocycles. The molecule has 0 atom stereocenters. The number of phenolic OH excluding ortho intramolecular Hbond substituents is 1. The second kappa shape index (κ2) is 10.3. The summed E-state index contributed by atoms with van der Waals surface area (Å²) >= 11 is 0. The third-order valence-electron chi connectivity index (χ3n) is 3.83. The smallest absolute Gasteiger partial charge is 0.0272 e. The minimum absolute atomic E-state index is 0.0386. The van der Waals surface area contributed by atoms with Crippen LogP contribution in [0.3, 0.4) is 0 Å². The summed E-state index contributed by atoms with van der Waals surface area (Å²) in [6.45, 7) is 0.456. The summed E-state index contributed by atoms with van der Waals surface area (Å²) in [4.78, 5) is 10.7. The largest absolute Gasteiger partial charge is 0.377 e. The number of unbranched alkanes of at least 4 members (excludes halogenated alkanes) is 1. The molecule has 1 rings (SSSR count). The number of nitro groups is 1. The predicted molar refractivity (Wildman–Crippen MR) is 90.7 cm³/mol. The van der Waals surface area contributed by atoms with Crippen LogP contribution in [0.1, 0.15) is 18.4 Å². The quantitative estimate of drug-likeness (QED) is 0.152. The van der Waals surface area contributed by atoms with Crippen LogP contribution in [-0.4, -0.2) is 53.9 Å². The van der Waals surface area contributed by atoms with E-state index in [2.05, 4.69) is 0 Å². The number of ether oxygens (including phenoxy) is 2. The van der Waals surface area contributed by atoms with E-state index in [9.17, 15) is 15.2 Å². The second-order valence-electron chi connectivity index (χ2n) is 5.36. The molecule has 1 aromatic carbocycles. The van der Waals surface area contributed by atoms with Crippen LogP contribution in [0.2, 0.25) is 6.04 Å². The van der Waals surface area contributed by atoms with Crippen molar-refractivity contribution in [3.63, 3.8) is 0 Å². The van der Waals surface area contributed by atoms with Crippen LogP contribution >= 0.6 is 0 Å². The number of hydrogen-bond donors (Lipinski definition) is 1. The van der Waals surface area contributed by atoms with Gasteiger partial charge in [0.1, 0.15) is 0 Å². The summed E-state index contributed by atoms with van der Waals surface area (Å²) in [6.07, 6.45) is 1.51. The van der Waals surface area contributed by atoms with Crippen LogP contribution in [0.4, 0.5) is 5.69 Å². The summed E-state index contributed by atoms with van der Waals surface area (Å²) in [5.74, 6) is 0.0256. The Morgan fingerprint density at radius 3 is 2.38 bits per heavy atom. The molecule has 1 N–H and O–H groups in total. The molecular weight excluding hydrogens is 617 g/mol. The zero-order valence-electron chi connectivity index (χ0n) is 15.4. The van der Waals surface area contributed by atoms with E-state index < -0.39 is 13.7 Å². The van der Waals surface area contributed by atoms with Gasteiger partial charge in [-0.25, -0.2) is 0 Å². The van der Waals surface area contributed by atoms with Crippen molar-refractivity contribution in [3.05, 3.63) is 27.8 Å². The van der Waals surface area contributed by atoms with Gasteiger partial charge in [0.05, 0.1) is 0 Å². The van der Waals surface area contributed by atoms with Crippen LogP contribution in [0.25, 0.3) is 0 Å². The van der Waals surface area contributed by atoms with Gasteiger partial charge in [0, 0.05) is 21.3 Å². The van der Waals surface area contributed by atoms with Crippen molar-refractivity contribution in [2.45, 2.75) is 25.5 Å². The molecule has 11 heteroatoms. The maximum atomic E-state index is 11.2. The monoisotopic (exact) mass is 641 g/mol. The van der Waals surface area contributed by atoms with Gasteiger partial charge in [-0.15, -0.1) is 0 Å². The molecule has 0 saturated heterocycles. The summed E-state index contributed by atoms with van der Waals surface area (Å²) < 4.78 is 27.1. The number of rotatable bonds is 13. The van der Waals surface area contributed by atoms with E-state index in [0.29, 0.717) is 25.3 Å².